The first kappa shape index (κ1) is 22.9. The third kappa shape index (κ3) is 11.5. The average molecular weight is 358 g/mol. The van der Waals surface area contributed by atoms with E-state index in [1.165, 1.54) is 89.0 Å². The van der Waals surface area contributed by atoms with Crippen LogP contribution in [-0.2, 0) is 0 Å². The molecule has 1 aromatic carbocycles. The summed E-state index contributed by atoms with van der Waals surface area (Å²) in [4.78, 5) is 4.60. The number of unbranched alkanes of at least 4 members (excludes halogenated alkanes) is 9. The highest BCUT2D eigenvalue weighted by Crippen LogP contribution is 2.21. The van der Waals surface area contributed by atoms with Gasteiger partial charge in [0, 0.05) is 6.21 Å². The van der Waals surface area contributed by atoms with Crippen LogP contribution in [0, 0.1) is 12.8 Å². The molecule has 1 atom stereocenters. The van der Waals surface area contributed by atoms with Crippen molar-refractivity contribution in [2.45, 2.75) is 111 Å². The van der Waals surface area contributed by atoms with E-state index >= 15 is 0 Å². The van der Waals surface area contributed by atoms with E-state index in [4.69, 9.17) is 0 Å². The van der Waals surface area contributed by atoms with Crippen molar-refractivity contribution in [3.8, 4) is 0 Å². The lowest BCUT2D eigenvalue weighted by molar-refractivity contribution is 0.394. The monoisotopic (exact) mass is 357 g/mol. The molecule has 0 saturated heterocycles. The van der Waals surface area contributed by atoms with Crippen LogP contribution in [0.5, 0.6) is 0 Å². The average Bonchev–Trinajstić information content (AvgIpc) is 2.66. The number of benzene rings is 1. The van der Waals surface area contributed by atoms with Gasteiger partial charge in [0.15, 0.2) is 0 Å². The first-order chi connectivity index (χ1) is 12.8. The molecule has 0 aromatic heterocycles. The smallest absolute Gasteiger partial charge is 0.0654 e. The fourth-order valence-electron chi connectivity index (χ4n) is 3.66. The molecule has 0 heterocycles. The van der Waals surface area contributed by atoms with E-state index in [1.807, 2.05) is 0 Å². The third-order valence-corrected chi connectivity index (χ3v) is 5.58. The van der Waals surface area contributed by atoms with Crippen LogP contribution in [0.25, 0.3) is 0 Å². The summed E-state index contributed by atoms with van der Waals surface area (Å²) in [7, 11) is 0. The zero-order valence-corrected chi connectivity index (χ0v) is 17.8. The SMILES string of the molecule is CCCCCCCCC(CC)CCCCCC/C=N\c1ccccc1C. The highest BCUT2D eigenvalue weighted by molar-refractivity contribution is 5.64. The molecule has 0 amide bonds. The van der Waals surface area contributed by atoms with Crippen LogP contribution in [0.15, 0.2) is 29.3 Å². The Bertz CT molecular complexity index is 463. The van der Waals surface area contributed by atoms with Crippen LogP contribution in [0.3, 0.4) is 0 Å². The Hall–Kier alpha value is -1.11. The lowest BCUT2D eigenvalue weighted by Crippen LogP contribution is -1.99. The molecule has 1 nitrogen and oxygen atoms in total. The largest absolute Gasteiger partial charge is 0.261 e. The summed E-state index contributed by atoms with van der Waals surface area (Å²) in [5, 5.41) is 0. The van der Waals surface area contributed by atoms with Crippen LogP contribution in [0.1, 0.15) is 109 Å². The highest BCUT2D eigenvalue weighted by atomic mass is 14.7. The quantitative estimate of drug-likeness (QED) is 0.207. The normalized spacial score (nSPS) is 12.7. The lowest BCUT2D eigenvalue weighted by Gasteiger charge is -2.14. The summed E-state index contributed by atoms with van der Waals surface area (Å²) in [5.41, 5.74) is 2.38. The van der Waals surface area contributed by atoms with Gasteiger partial charge in [-0.1, -0.05) is 109 Å². The minimum Gasteiger partial charge on any atom is -0.261 e. The maximum atomic E-state index is 4.60. The molecule has 1 heteroatoms. The maximum absolute atomic E-state index is 4.60. The maximum Gasteiger partial charge on any atom is 0.0654 e. The molecule has 0 fully saturated rings. The van der Waals surface area contributed by atoms with E-state index in [0.29, 0.717) is 0 Å². The highest BCUT2D eigenvalue weighted by Gasteiger charge is 2.05. The summed E-state index contributed by atoms with van der Waals surface area (Å²) in [5.74, 6) is 0.976. The van der Waals surface area contributed by atoms with E-state index in [9.17, 15) is 0 Å². The van der Waals surface area contributed by atoms with Crippen molar-refractivity contribution in [2.24, 2.45) is 10.9 Å². The van der Waals surface area contributed by atoms with E-state index in [2.05, 4.69) is 56.2 Å². The summed E-state index contributed by atoms with van der Waals surface area (Å²) in [6.45, 7) is 6.80. The van der Waals surface area contributed by atoms with Gasteiger partial charge in [0.05, 0.1) is 5.69 Å². The molecule has 0 N–H and O–H groups in total. The summed E-state index contributed by atoms with van der Waals surface area (Å²) >= 11 is 0. The molecular weight excluding hydrogens is 314 g/mol. The van der Waals surface area contributed by atoms with Crippen molar-refractivity contribution < 1.29 is 0 Å². The Morgan fingerprint density at radius 2 is 1.42 bits per heavy atom. The zero-order valence-electron chi connectivity index (χ0n) is 17.8. The van der Waals surface area contributed by atoms with Crippen molar-refractivity contribution in [3.05, 3.63) is 29.8 Å². The number of nitrogens with zero attached hydrogens (tertiary/aromatic N) is 1. The number of hydrogen-bond donors (Lipinski definition) is 0. The fourth-order valence-corrected chi connectivity index (χ4v) is 3.66. The molecule has 0 aliphatic heterocycles. The van der Waals surface area contributed by atoms with E-state index in [0.717, 1.165) is 18.0 Å². The second kappa shape index (κ2) is 16.1. The minimum absolute atomic E-state index is 0.976. The standard InChI is InChI=1S/C25H43N/c1-4-6-7-8-10-13-19-24(5-2)20-14-11-9-12-17-22-26-25-21-16-15-18-23(25)3/h15-16,18,21-22,24H,4-14,17,19-20H2,1-3H3/b26-22-. The Morgan fingerprint density at radius 1 is 0.808 bits per heavy atom. The number of hydrogen-bond acceptors (Lipinski definition) is 1. The third-order valence-electron chi connectivity index (χ3n) is 5.58. The molecule has 0 spiro atoms. The van der Waals surface area contributed by atoms with Crippen molar-refractivity contribution in [1.29, 1.82) is 0 Å². The van der Waals surface area contributed by atoms with Crippen LogP contribution in [0.4, 0.5) is 5.69 Å². The van der Waals surface area contributed by atoms with Gasteiger partial charge >= 0.3 is 0 Å². The van der Waals surface area contributed by atoms with Crippen molar-refractivity contribution in [2.75, 3.05) is 0 Å². The van der Waals surface area contributed by atoms with E-state index < -0.39 is 0 Å². The molecule has 1 aromatic rings. The second-order valence-electron chi connectivity index (χ2n) is 7.92. The first-order valence-electron chi connectivity index (χ1n) is 11.4. The molecular formula is C25H43N. The van der Waals surface area contributed by atoms with Crippen molar-refractivity contribution in [1.82, 2.24) is 0 Å². The minimum atomic E-state index is 0.976. The number of rotatable bonds is 16. The molecule has 148 valence electrons. The first-order valence-corrected chi connectivity index (χ1v) is 11.4. The Morgan fingerprint density at radius 3 is 2.08 bits per heavy atom. The van der Waals surface area contributed by atoms with E-state index in [1.54, 1.807) is 0 Å². The van der Waals surface area contributed by atoms with Crippen molar-refractivity contribution in [3.63, 3.8) is 0 Å². The second-order valence-corrected chi connectivity index (χ2v) is 7.92. The van der Waals surface area contributed by atoms with Gasteiger partial charge < -0.3 is 0 Å². The molecule has 0 bridgehead atoms. The molecule has 0 aliphatic carbocycles. The van der Waals surface area contributed by atoms with Crippen LogP contribution < -0.4 is 0 Å². The molecule has 0 aliphatic rings. The van der Waals surface area contributed by atoms with Gasteiger partial charge in [-0.25, -0.2) is 0 Å². The van der Waals surface area contributed by atoms with Gasteiger partial charge in [-0.15, -0.1) is 0 Å². The number of aliphatic imine (C=N–C) groups is 1. The molecule has 0 radical (unpaired) electrons. The fraction of sp³-hybridized carbons (Fsp3) is 0.720. The topological polar surface area (TPSA) is 12.4 Å². The van der Waals surface area contributed by atoms with Gasteiger partial charge in [0.1, 0.15) is 0 Å². The van der Waals surface area contributed by atoms with Gasteiger partial charge in [0.2, 0.25) is 0 Å². The van der Waals surface area contributed by atoms with Crippen LogP contribution in [-0.4, -0.2) is 6.21 Å². The molecule has 1 unspecified atom stereocenters. The van der Waals surface area contributed by atoms with Gasteiger partial charge in [-0.3, -0.25) is 4.99 Å². The predicted molar refractivity (Wildman–Crippen MR) is 119 cm³/mol. The van der Waals surface area contributed by atoms with Gasteiger partial charge in [0.25, 0.3) is 0 Å². The lowest BCUT2D eigenvalue weighted by atomic mass is 9.92. The Balaban J connectivity index is 1.98. The summed E-state index contributed by atoms with van der Waals surface area (Å²) < 4.78 is 0. The van der Waals surface area contributed by atoms with Crippen LogP contribution >= 0.6 is 0 Å². The number of para-hydroxylation sites is 1. The summed E-state index contributed by atoms with van der Waals surface area (Å²) in [6, 6.07) is 8.36. The Labute approximate surface area is 163 Å². The Kier molecular flexibility index (Phi) is 14.2. The molecule has 0 saturated carbocycles. The van der Waals surface area contributed by atoms with Gasteiger partial charge in [-0.2, -0.15) is 0 Å². The molecule has 1 rings (SSSR count). The predicted octanol–water partition coefficient (Wildman–Crippen LogP) is 8.81. The summed E-state index contributed by atoms with van der Waals surface area (Å²) in [6.07, 6.45) is 21.5. The number of aryl methyl sites for hydroxylation is 1. The van der Waals surface area contributed by atoms with Crippen molar-refractivity contribution >= 4 is 11.9 Å². The van der Waals surface area contributed by atoms with Crippen LogP contribution in [0.2, 0.25) is 0 Å². The van der Waals surface area contributed by atoms with Gasteiger partial charge in [-0.05, 0) is 37.3 Å². The molecule has 26 heavy (non-hydrogen) atoms. The zero-order chi connectivity index (χ0) is 18.9. The van der Waals surface area contributed by atoms with E-state index in [-0.39, 0.29) is 0 Å².